The summed E-state index contributed by atoms with van der Waals surface area (Å²) < 4.78 is 39.8. The highest BCUT2D eigenvalue weighted by Gasteiger charge is 2.33. The van der Waals surface area contributed by atoms with Gasteiger partial charge in [-0.1, -0.05) is 30.3 Å². The Labute approximate surface area is 108 Å². The maximum atomic E-state index is 13.7. The Hall–Kier alpha value is -1.81. The number of rotatable bonds is 2. The Morgan fingerprint density at radius 1 is 1.00 bits per heavy atom. The molecule has 0 saturated heterocycles. The topological polar surface area (TPSA) is 26.0 Å². The largest absolute Gasteiger partial charge is 0.323 e. The zero-order chi connectivity index (χ0) is 13.6. The van der Waals surface area contributed by atoms with E-state index >= 15 is 0 Å². The van der Waals surface area contributed by atoms with Gasteiger partial charge in [-0.05, 0) is 23.6 Å². The summed E-state index contributed by atoms with van der Waals surface area (Å²) in [6.07, 6.45) is 0.732. The van der Waals surface area contributed by atoms with Gasteiger partial charge in [0.15, 0.2) is 17.5 Å². The van der Waals surface area contributed by atoms with Crippen molar-refractivity contribution in [2.45, 2.75) is 18.4 Å². The first-order valence-electron chi connectivity index (χ1n) is 6.06. The molecule has 0 fully saturated rings. The first-order valence-corrected chi connectivity index (χ1v) is 6.06. The van der Waals surface area contributed by atoms with Crippen molar-refractivity contribution in [1.82, 2.24) is 0 Å². The van der Waals surface area contributed by atoms with Gasteiger partial charge in [0.25, 0.3) is 0 Å². The van der Waals surface area contributed by atoms with Gasteiger partial charge in [0.1, 0.15) is 0 Å². The molecule has 2 aromatic rings. The fourth-order valence-electron chi connectivity index (χ4n) is 2.63. The molecule has 98 valence electrons. The molecule has 0 bridgehead atoms. The summed E-state index contributed by atoms with van der Waals surface area (Å²) in [6.45, 7) is 0. The molecule has 2 N–H and O–H groups in total. The van der Waals surface area contributed by atoms with Crippen molar-refractivity contribution >= 4 is 0 Å². The molecule has 19 heavy (non-hydrogen) atoms. The van der Waals surface area contributed by atoms with E-state index in [4.69, 9.17) is 5.73 Å². The van der Waals surface area contributed by atoms with Gasteiger partial charge < -0.3 is 5.73 Å². The minimum Gasteiger partial charge on any atom is -0.323 e. The molecule has 1 nitrogen and oxygen atoms in total. The Balaban J connectivity index is 1.95. The van der Waals surface area contributed by atoms with Crippen molar-refractivity contribution in [3.05, 3.63) is 70.5 Å². The molecular weight excluding hydrogens is 251 g/mol. The van der Waals surface area contributed by atoms with Crippen LogP contribution in [-0.2, 0) is 6.42 Å². The third-order valence-electron chi connectivity index (χ3n) is 3.75. The van der Waals surface area contributed by atoms with Crippen molar-refractivity contribution < 1.29 is 13.2 Å². The summed E-state index contributed by atoms with van der Waals surface area (Å²) >= 11 is 0. The molecule has 1 aliphatic rings. The third-order valence-corrected chi connectivity index (χ3v) is 3.75. The number of benzene rings is 2. The van der Waals surface area contributed by atoms with Crippen LogP contribution in [0.2, 0.25) is 0 Å². The zero-order valence-electron chi connectivity index (χ0n) is 10.0. The van der Waals surface area contributed by atoms with Gasteiger partial charge >= 0.3 is 0 Å². The standard InChI is InChI=1S/C15H12F3N/c16-12-6-5-10(13(17)14(12)18)15(19)11-7-8-3-1-2-4-9(8)11/h1-6,11,15H,7,19H2. The van der Waals surface area contributed by atoms with Crippen molar-refractivity contribution in [1.29, 1.82) is 0 Å². The summed E-state index contributed by atoms with van der Waals surface area (Å²) in [6, 6.07) is 9.21. The van der Waals surface area contributed by atoms with Crippen LogP contribution in [0.4, 0.5) is 13.2 Å². The highest BCUT2D eigenvalue weighted by Crippen LogP contribution is 2.42. The monoisotopic (exact) mass is 263 g/mol. The molecule has 0 saturated carbocycles. The van der Waals surface area contributed by atoms with Crippen molar-refractivity contribution in [2.24, 2.45) is 5.73 Å². The predicted octanol–water partition coefficient (Wildman–Crippen LogP) is 3.44. The Bertz CT molecular complexity index is 639. The molecule has 2 atom stereocenters. The van der Waals surface area contributed by atoms with Crippen LogP contribution in [0.5, 0.6) is 0 Å². The van der Waals surface area contributed by atoms with E-state index < -0.39 is 23.5 Å². The second-order valence-electron chi connectivity index (χ2n) is 4.80. The molecule has 0 aliphatic heterocycles. The second-order valence-corrected chi connectivity index (χ2v) is 4.80. The van der Waals surface area contributed by atoms with E-state index in [9.17, 15) is 13.2 Å². The Kier molecular flexibility index (Phi) is 2.82. The van der Waals surface area contributed by atoms with Crippen LogP contribution in [-0.4, -0.2) is 0 Å². The average molecular weight is 263 g/mol. The Morgan fingerprint density at radius 2 is 1.74 bits per heavy atom. The van der Waals surface area contributed by atoms with Crippen LogP contribution in [0.25, 0.3) is 0 Å². The maximum absolute atomic E-state index is 13.7. The summed E-state index contributed by atoms with van der Waals surface area (Å²) in [7, 11) is 0. The third kappa shape index (κ3) is 1.83. The average Bonchev–Trinajstić information content (AvgIpc) is 2.37. The molecule has 4 heteroatoms. The molecule has 2 unspecified atom stereocenters. The van der Waals surface area contributed by atoms with Crippen LogP contribution in [0.3, 0.4) is 0 Å². The summed E-state index contributed by atoms with van der Waals surface area (Å²) in [4.78, 5) is 0. The SMILES string of the molecule is NC(c1ccc(F)c(F)c1F)C1Cc2ccccc21. The van der Waals surface area contributed by atoms with Crippen LogP contribution >= 0.6 is 0 Å². The van der Waals surface area contributed by atoms with E-state index in [2.05, 4.69) is 0 Å². The highest BCUT2D eigenvalue weighted by molar-refractivity contribution is 5.43. The van der Waals surface area contributed by atoms with Crippen molar-refractivity contribution in [2.75, 3.05) is 0 Å². The molecule has 0 heterocycles. The molecule has 0 aromatic heterocycles. The minimum atomic E-state index is -1.46. The fourth-order valence-corrected chi connectivity index (χ4v) is 2.63. The first kappa shape index (κ1) is 12.2. The summed E-state index contributed by atoms with van der Waals surface area (Å²) in [5.41, 5.74) is 8.26. The molecule has 2 aromatic carbocycles. The minimum absolute atomic E-state index is 0.0263. The number of halogens is 3. The van der Waals surface area contributed by atoms with Gasteiger partial charge in [-0.2, -0.15) is 0 Å². The zero-order valence-corrected chi connectivity index (χ0v) is 10.0. The quantitative estimate of drug-likeness (QED) is 0.825. The second kappa shape index (κ2) is 4.38. The number of hydrogen-bond acceptors (Lipinski definition) is 1. The molecule has 0 amide bonds. The van der Waals surface area contributed by atoms with Gasteiger partial charge in [-0.3, -0.25) is 0 Å². The lowest BCUT2D eigenvalue weighted by Gasteiger charge is -2.35. The van der Waals surface area contributed by atoms with E-state index in [1.807, 2.05) is 24.3 Å². The van der Waals surface area contributed by atoms with Crippen molar-refractivity contribution in [3.8, 4) is 0 Å². The van der Waals surface area contributed by atoms with Gasteiger partial charge in [0.05, 0.1) is 0 Å². The van der Waals surface area contributed by atoms with E-state index in [1.54, 1.807) is 0 Å². The first-order chi connectivity index (χ1) is 9.09. The molecular formula is C15H12F3N. The van der Waals surface area contributed by atoms with E-state index in [1.165, 1.54) is 11.6 Å². The van der Waals surface area contributed by atoms with Crippen LogP contribution in [0.15, 0.2) is 36.4 Å². The van der Waals surface area contributed by atoms with Gasteiger partial charge in [0, 0.05) is 17.5 Å². The smallest absolute Gasteiger partial charge is 0.194 e. The van der Waals surface area contributed by atoms with E-state index in [0.717, 1.165) is 18.1 Å². The fraction of sp³-hybridized carbons (Fsp3) is 0.200. The lowest BCUT2D eigenvalue weighted by Crippen LogP contribution is -2.29. The van der Waals surface area contributed by atoms with Crippen LogP contribution in [0.1, 0.15) is 28.7 Å². The van der Waals surface area contributed by atoms with Crippen LogP contribution < -0.4 is 5.73 Å². The van der Waals surface area contributed by atoms with Gasteiger partial charge in [0.2, 0.25) is 0 Å². The highest BCUT2D eigenvalue weighted by atomic mass is 19.2. The molecule has 3 rings (SSSR count). The van der Waals surface area contributed by atoms with Crippen molar-refractivity contribution in [3.63, 3.8) is 0 Å². The number of fused-ring (bicyclic) bond motifs is 1. The lowest BCUT2D eigenvalue weighted by molar-refractivity contribution is 0.419. The predicted molar refractivity (Wildman–Crippen MR) is 66.1 cm³/mol. The molecule has 1 aliphatic carbocycles. The normalized spacial score (nSPS) is 18.6. The molecule has 0 radical (unpaired) electrons. The number of hydrogen-bond donors (Lipinski definition) is 1. The van der Waals surface area contributed by atoms with Gasteiger partial charge in [-0.25, -0.2) is 13.2 Å². The van der Waals surface area contributed by atoms with Gasteiger partial charge in [-0.15, -0.1) is 0 Å². The number of nitrogens with two attached hydrogens (primary N) is 1. The lowest BCUT2D eigenvalue weighted by atomic mass is 9.72. The van der Waals surface area contributed by atoms with E-state index in [0.29, 0.717) is 0 Å². The van der Waals surface area contributed by atoms with E-state index in [-0.39, 0.29) is 11.5 Å². The summed E-state index contributed by atoms with van der Waals surface area (Å²) in [5.74, 6) is -3.88. The molecule has 0 spiro atoms. The summed E-state index contributed by atoms with van der Waals surface area (Å²) in [5, 5.41) is 0. The maximum Gasteiger partial charge on any atom is 0.194 e. The van der Waals surface area contributed by atoms with Crippen LogP contribution in [0, 0.1) is 17.5 Å². The Morgan fingerprint density at radius 3 is 2.47 bits per heavy atom.